The molecule has 4 N–H and O–H groups in total. The maximum absolute atomic E-state index is 5.67. The normalized spacial score (nSPS) is 8.82. The van der Waals surface area contributed by atoms with E-state index >= 15 is 0 Å². The zero-order valence-electron chi connectivity index (χ0n) is 9.76. The highest BCUT2D eigenvalue weighted by atomic mass is 35.5. The van der Waals surface area contributed by atoms with Gasteiger partial charge in [0.25, 0.3) is 0 Å². The first-order valence-electron chi connectivity index (χ1n) is 5.05. The number of benzene rings is 1. The highest BCUT2D eigenvalue weighted by Crippen LogP contribution is 2.16. The number of hydrogen-bond acceptors (Lipinski definition) is 2. The molecule has 0 aromatic heterocycles. The second-order valence-corrected chi connectivity index (χ2v) is 3.78. The Kier molecular flexibility index (Phi) is 10.5. The predicted molar refractivity (Wildman–Crippen MR) is 83.3 cm³/mol. The van der Waals surface area contributed by atoms with E-state index in [4.69, 9.17) is 23.7 Å². The molecule has 6 heteroatoms. The van der Waals surface area contributed by atoms with Gasteiger partial charge in [0.15, 0.2) is 5.11 Å². The van der Waals surface area contributed by atoms with E-state index in [1.165, 1.54) is 0 Å². The Hall–Kier alpha value is -0.550. The number of anilines is 1. The van der Waals surface area contributed by atoms with Crippen LogP contribution in [0.3, 0.4) is 0 Å². The highest BCUT2D eigenvalue weighted by Gasteiger charge is 2.07. The summed E-state index contributed by atoms with van der Waals surface area (Å²) in [7, 11) is 0. The fourth-order valence-electron chi connectivity index (χ4n) is 1.44. The van der Waals surface area contributed by atoms with E-state index in [-0.39, 0.29) is 24.8 Å². The number of rotatable bonds is 4. The largest absolute Gasteiger partial charge is 0.376 e. The van der Waals surface area contributed by atoms with Gasteiger partial charge in [0, 0.05) is 18.8 Å². The second-order valence-electron chi connectivity index (χ2n) is 3.36. The number of thiocarbonyl (C=S) groups is 1. The van der Waals surface area contributed by atoms with E-state index in [1.807, 2.05) is 29.2 Å². The van der Waals surface area contributed by atoms with E-state index in [9.17, 15) is 0 Å². The average molecular weight is 296 g/mol. The van der Waals surface area contributed by atoms with Crippen molar-refractivity contribution < 1.29 is 0 Å². The molecule has 0 bridgehead atoms. The van der Waals surface area contributed by atoms with Gasteiger partial charge in [0.1, 0.15) is 0 Å². The highest BCUT2D eigenvalue weighted by molar-refractivity contribution is 7.80. The van der Waals surface area contributed by atoms with E-state index < -0.39 is 0 Å². The lowest BCUT2D eigenvalue weighted by Crippen LogP contribution is -2.36. The first kappa shape index (κ1) is 18.8. The summed E-state index contributed by atoms with van der Waals surface area (Å²) in [6.45, 7) is 3.46. The van der Waals surface area contributed by atoms with Gasteiger partial charge in [-0.1, -0.05) is 19.1 Å². The van der Waals surface area contributed by atoms with Crippen LogP contribution < -0.4 is 16.4 Å². The number of halogens is 2. The third kappa shape index (κ3) is 5.55. The predicted octanol–water partition coefficient (Wildman–Crippen LogP) is 2.45. The summed E-state index contributed by atoms with van der Waals surface area (Å²) in [4.78, 5) is 1.93. The van der Waals surface area contributed by atoms with Crippen LogP contribution in [0.25, 0.3) is 0 Å². The number of hydrogen-bond donors (Lipinski definition) is 2. The van der Waals surface area contributed by atoms with Crippen LogP contribution in [0.1, 0.15) is 18.9 Å². The molecule has 1 aromatic rings. The first-order chi connectivity index (χ1) is 7.19. The SMILES string of the molecule is CCCN(C(N)=S)c1cccc(CN)c1.Cl.Cl. The summed E-state index contributed by atoms with van der Waals surface area (Å²) in [5.74, 6) is 0. The molecule has 0 unspecified atom stereocenters. The van der Waals surface area contributed by atoms with E-state index in [1.54, 1.807) is 0 Å². The van der Waals surface area contributed by atoms with Gasteiger partial charge in [-0.05, 0) is 36.3 Å². The number of nitrogens with zero attached hydrogens (tertiary/aromatic N) is 1. The molecule has 0 heterocycles. The molecular formula is C11H19Cl2N3S. The van der Waals surface area contributed by atoms with E-state index in [0.29, 0.717) is 11.7 Å². The van der Waals surface area contributed by atoms with Gasteiger partial charge in [-0.15, -0.1) is 24.8 Å². The van der Waals surface area contributed by atoms with Crippen LogP contribution in [0.2, 0.25) is 0 Å². The lowest BCUT2D eigenvalue weighted by atomic mass is 10.2. The smallest absolute Gasteiger partial charge is 0.170 e. The van der Waals surface area contributed by atoms with Crippen molar-refractivity contribution in [2.24, 2.45) is 11.5 Å². The fraction of sp³-hybridized carbons (Fsp3) is 0.364. The Morgan fingerprint density at radius 1 is 1.35 bits per heavy atom. The molecule has 0 atom stereocenters. The Morgan fingerprint density at radius 3 is 2.47 bits per heavy atom. The summed E-state index contributed by atoms with van der Waals surface area (Å²) < 4.78 is 0. The molecular weight excluding hydrogens is 277 g/mol. The molecule has 98 valence electrons. The molecule has 0 saturated heterocycles. The molecule has 3 nitrogen and oxygen atoms in total. The molecule has 1 rings (SSSR count). The van der Waals surface area contributed by atoms with Gasteiger partial charge >= 0.3 is 0 Å². The summed E-state index contributed by atoms with van der Waals surface area (Å²) in [5, 5.41) is 0.408. The molecule has 0 saturated carbocycles. The van der Waals surface area contributed by atoms with E-state index in [0.717, 1.165) is 24.2 Å². The third-order valence-electron chi connectivity index (χ3n) is 2.17. The quantitative estimate of drug-likeness (QED) is 0.838. The van der Waals surface area contributed by atoms with Crippen molar-refractivity contribution in [2.75, 3.05) is 11.4 Å². The van der Waals surface area contributed by atoms with E-state index in [2.05, 4.69) is 6.92 Å². The van der Waals surface area contributed by atoms with Gasteiger partial charge in [-0.2, -0.15) is 0 Å². The van der Waals surface area contributed by atoms with Crippen LogP contribution in [0.4, 0.5) is 5.69 Å². The molecule has 0 radical (unpaired) electrons. The standard InChI is InChI=1S/C11H17N3S.2ClH/c1-2-6-14(11(13)15)10-5-3-4-9(7-10)8-12;;/h3-5,7H,2,6,8,12H2,1H3,(H2,13,15);2*1H. The molecule has 0 aliphatic rings. The first-order valence-corrected chi connectivity index (χ1v) is 5.45. The van der Waals surface area contributed by atoms with Crippen LogP contribution in [-0.4, -0.2) is 11.7 Å². The van der Waals surface area contributed by atoms with Crippen molar-refractivity contribution in [1.82, 2.24) is 0 Å². The fourth-order valence-corrected chi connectivity index (χ4v) is 1.64. The van der Waals surface area contributed by atoms with Crippen LogP contribution >= 0.6 is 37.0 Å². The Labute approximate surface area is 120 Å². The van der Waals surface area contributed by atoms with Crippen LogP contribution in [0, 0.1) is 0 Å². The molecule has 0 spiro atoms. The van der Waals surface area contributed by atoms with Gasteiger partial charge in [0.05, 0.1) is 0 Å². The number of nitrogens with two attached hydrogens (primary N) is 2. The average Bonchev–Trinajstić information content (AvgIpc) is 2.25. The maximum Gasteiger partial charge on any atom is 0.170 e. The Bertz CT molecular complexity index is 347. The Morgan fingerprint density at radius 2 is 2.00 bits per heavy atom. The summed E-state index contributed by atoms with van der Waals surface area (Å²) >= 11 is 5.02. The van der Waals surface area contributed by atoms with Crippen molar-refractivity contribution in [2.45, 2.75) is 19.9 Å². The topological polar surface area (TPSA) is 55.3 Å². The molecule has 0 aliphatic heterocycles. The lowest BCUT2D eigenvalue weighted by molar-refractivity contribution is 0.903. The van der Waals surface area contributed by atoms with Crippen molar-refractivity contribution in [3.05, 3.63) is 29.8 Å². The lowest BCUT2D eigenvalue weighted by Gasteiger charge is -2.22. The van der Waals surface area contributed by atoms with Gasteiger partial charge in [0.2, 0.25) is 0 Å². The summed E-state index contributed by atoms with van der Waals surface area (Å²) in [6.07, 6.45) is 1.00. The monoisotopic (exact) mass is 295 g/mol. The van der Waals surface area contributed by atoms with Gasteiger partial charge in [-0.3, -0.25) is 0 Å². The van der Waals surface area contributed by atoms with Gasteiger partial charge < -0.3 is 16.4 Å². The molecule has 1 aromatic carbocycles. The Balaban J connectivity index is 0. The minimum atomic E-state index is 0. The second kappa shape index (κ2) is 9.48. The van der Waals surface area contributed by atoms with Crippen molar-refractivity contribution in [3.63, 3.8) is 0 Å². The molecule has 17 heavy (non-hydrogen) atoms. The van der Waals surface area contributed by atoms with Crippen LogP contribution in [-0.2, 0) is 6.54 Å². The summed E-state index contributed by atoms with van der Waals surface area (Å²) in [6, 6.07) is 7.98. The van der Waals surface area contributed by atoms with Crippen LogP contribution in [0.5, 0.6) is 0 Å². The van der Waals surface area contributed by atoms with Crippen LogP contribution in [0.15, 0.2) is 24.3 Å². The minimum absolute atomic E-state index is 0. The molecule has 0 fully saturated rings. The van der Waals surface area contributed by atoms with Crippen molar-refractivity contribution in [1.29, 1.82) is 0 Å². The molecule has 0 amide bonds. The zero-order chi connectivity index (χ0) is 11.3. The van der Waals surface area contributed by atoms with Gasteiger partial charge in [-0.25, -0.2) is 0 Å². The van der Waals surface area contributed by atoms with Crippen molar-refractivity contribution >= 4 is 47.8 Å². The van der Waals surface area contributed by atoms with Crippen molar-refractivity contribution in [3.8, 4) is 0 Å². The molecule has 0 aliphatic carbocycles. The summed E-state index contributed by atoms with van der Waals surface area (Å²) in [5.41, 5.74) is 13.4. The third-order valence-corrected chi connectivity index (χ3v) is 2.39. The maximum atomic E-state index is 5.67. The zero-order valence-corrected chi connectivity index (χ0v) is 12.2. The minimum Gasteiger partial charge on any atom is -0.376 e.